The first-order valence-corrected chi connectivity index (χ1v) is 5.38. The number of aryl methyl sites for hydroxylation is 2. The molecule has 86 valence electrons. The van der Waals surface area contributed by atoms with Crippen molar-refractivity contribution in [3.8, 4) is 0 Å². The number of aldehydes is 1. The highest BCUT2D eigenvalue weighted by atomic mass is 16.2. The summed E-state index contributed by atoms with van der Waals surface area (Å²) < 4.78 is 1.36. The van der Waals surface area contributed by atoms with Crippen LogP contribution in [0.5, 0.6) is 0 Å². The van der Waals surface area contributed by atoms with E-state index in [-0.39, 0.29) is 5.91 Å². The Morgan fingerprint density at radius 3 is 2.59 bits per heavy atom. The third-order valence-corrected chi connectivity index (χ3v) is 2.87. The van der Waals surface area contributed by atoms with Crippen LogP contribution in [-0.4, -0.2) is 16.8 Å². The van der Waals surface area contributed by atoms with Crippen molar-refractivity contribution in [2.24, 2.45) is 0 Å². The average molecular weight is 227 g/mol. The zero-order valence-corrected chi connectivity index (χ0v) is 9.81. The Labute approximate surface area is 99.7 Å². The van der Waals surface area contributed by atoms with Gasteiger partial charge in [-0.1, -0.05) is 6.07 Å². The predicted octanol–water partition coefficient (Wildman–Crippen LogP) is 2.61. The van der Waals surface area contributed by atoms with E-state index < -0.39 is 0 Å². The third-order valence-electron chi connectivity index (χ3n) is 2.87. The first kappa shape index (κ1) is 11.3. The topological polar surface area (TPSA) is 39.1 Å². The zero-order chi connectivity index (χ0) is 12.4. The van der Waals surface area contributed by atoms with Gasteiger partial charge in [0.1, 0.15) is 0 Å². The van der Waals surface area contributed by atoms with Crippen molar-refractivity contribution in [2.75, 3.05) is 0 Å². The van der Waals surface area contributed by atoms with Gasteiger partial charge in [0.2, 0.25) is 0 Å². The predicted molar refractivity (Wildman–Crippen MR) is 65.5 cm³/mol. The van der Waals surface area contributed by atoms with Crippen LogP contribution in [0.1, 0.15) is 32.0 Å². The first-order valence-electron chi connectivity index (χ1n) is 5.38. The Morgan fingerprint density at radius 2 is 1.94 bits per heavy atom. The van der Waals surface area contributed by atoms with E-state index in [1.165, 1.54) is 4.57 Å². The first-order chi connectivity index (χ1) is 8.13. The number of benzene rings is 1. The van der Waals surface area contributed by atoms with Crippen molar-refractivity contribution < 1.29 is 9.59 Å². The molecule has 1 heterocycles. The van der Waals surface area contributed by atoms with Gasteiger partial charge >= 0.3 is 0 Å². The van der Waals surface area contributed by atoms with Crippen LogP contribution in [0.15, 0.2) is 36.5 Å². The normalized spacial score (nSPS) is 10.2. The van der Waals surface area contributed by atoms with Gasteiger partial charge in [0, 0.05) is 11.8 Å². The van der Waals surface area contributed by atoms with Gasteiger partial charge < -0.3 is 0 Å². The number of hydrogen-bond acceptors (Lipinski definition) is 2. The smallest absolute Gasteiger partial charge is 0.262 e. The molecule has 2 aromatic rings. The van der Waals surface area contributed by atoms with Crippen molar-refractivity contribution in [1.29, 1.82) is 0 Å². The fraction of sp³-hybridized carbons (Fsp3) is 0.143. The number of carbonyl (C=O) groups excluding carboxylic acids is 2. The van der Waals surface area contributed by atoms with E-state index in [4.69, 9.17) is 0 Å². The average Bonchev–Trinajstić information content (AvgIpc) is 2.80. The Morgan fingerprint density at radius 1 is 1.18 bits per heavy atom. The lowest BCUT2D eigenvalue weighted by Crippen LogP contribution is -2.13. The number of carbonyl (C=O) groups is 2. The van der Waals surface area contributed by atoms with Gasteiger partial charge in [-0.05, 0) is 49.2 Å². The third kappa shape index (κ3) is 2.04. The van der Waals surface area contributed by atoms with Gasteiger partial charge in [-0.25, -0.2) is 0 Å². The quantitative estimate of drug-likeness (QED) is 0.740. The maximum atomic E-state index is 12.2. The summed E-state index contributed by atoms with van der Waals surface area (Å²) in [4.78, 5) is 22.9. The molecule has 0 bridgehead atoms. The lowest BCUT2D eigenvalue weighted by Gasteiger charge is -2.06. The number of aromatic nitrogens is 1. The Hall–Kier alpha value is -2.16. The molecule has 0 atom stereocenters. The maximum Gasteiger partial charge on any atom is 0.262 e. The van der Waals surface area contributed by atoms with E-state index in [0.29, 0.717) is 17.5 Å². The van der Waals surface area contributed by atoms with E-state index in [2.05, 4.69) is 0 Å². The lowest BCUT2D eigenvalue weighted by molar-refractivity contribution is 0.0947. The van der Waals surface area contributed by atoms with Crippen LogP contribution in [0.25, 0.3) is 0 Å². The SMILES string of the molecule is Cc1ccc(C(=O)n2cccc2C=O)cc1C. The van der Waals surface area contributed by atoms with E-state index in [0.717, 1.165) is 11.1 Å². The van der Waals surface area contributed by atoms with Crippen molar-refractivity contribution in [1.82, 2.24) is 4.57 Å². The minimum Gasteiger partial charge on any atom is -0.296 e. The van der Waals surface area contributed by atoms with Crippen LogP contribution < -0.4 is 0 Å². The van der Waals surface area contributed by atoms with Gasteiger partial charge in [0.25, 0.3) is 5.91 Å². The van der Waals surface area contributed by atoms with E-state index >= 15 is 0 Å². The highest BCUT2D eigenvalue weighted by Crippen LogP contribution is 2.12. The van der Waals surface area contributed by atoms with Crippen molar-refractivity contribution >= 4 is 12.2 Å². The molecule has 3 nitrogen and oxygen atoms in total. The van der Waals surface area contributed by atoms with E-state index in [1.807, 2.05) is 26.0 Å². The molecule has 3 heteroatoms. The summed E-state index contributed by atoms with van der Waals surface area (Å²) in [6, 6.07) is 8.83. The summed E-state index contributed by atoms with van der Waals surface area (Å²) in [5.74, 6) is -0.180. The van der Waals surface area contributed by atoms with Gasteiger partial charge in [-0.15, -0.1) is 0 Å². The molecule has 0 amide bonds. The monoisotopic (exact) mass is 227 g/mol. The van der Waals surface area contributed by atoms with E-state index in [9.17, 15) is 9.59 Å². The van der Waals surface area contributed by atoms with Crippen LogP contribution in [0.2, 0.25) is 0 Å². The fourth-order valence-corrected chi connectivity index (χ4v) is 1.69. The maximum absolute atomic E-state index is 12.2. The van der Waals surface area contributed by atoms with Crippen molar-refractivity contribution in [3.63, 3.8) is 0 Å². The molecule has 0 radical (unpaired) electrons. The molecule has 0 fully saturated rings. The fourth-order valence-electron chi connectivity index (χ4n) is 1.69. The summed E-state index contributed by atoms with van der Waals surface area (Å²) in [5.41, 5.74) is 3.17. The molecule has 17 heavy (non-hydrogen) atoms. The highest BCUT2D eigenvalue weighted by molar-refractivity contribution is 5.99. The van der Waals surface area contributed by atoms with Crippen LogP contribution >= 0.6 is 0 Å². The van der Waals surface area contributed by atoms with Crippen LogP contribution in [0.3, 0.4) is 0 Å². The molecule has 0 aliphatic heterocycles. The van der Waals surface area contributed by atoms with Crippen LogP contribution in [0, 0.1) is 13.8 Å². The molecule has 0 saturated carbocycles. The zero-order valence-electron chi connectivity index (χ0n) is 9.81. The molecule has 0 N–H and O–H groups in total. The molecule has 1 aromatic heterocycles. The molecule has 0 aliphatic rings. The summed E-state index contributed by atoms with van der Waals surface area (Å²) in [7, 11) is 0. The minimum absolute atomic E-state index is 0.180. The van der Waals surface area contributed by atoms with Crippen LogP contribution in [0.4, 0.5) is 0 Å². The number of rotatable bonds is 2. The van der Waals surface area contributed by atoms with Gasteiger partial charge in [0.05, 0.1) is 5.69 Å². The molecule has 0 unspecified atom stereocenters. The van der Waals surface area contributed by atoms with Gasteiger partial charge in [0.15, 0.2) is 6.29 Å². The largest absolute Gasteiger partial charge is 0.296 e. The summed E-state index contributed by atoms with van der Waals surface area (Å²) in [6.07, 6.45) is 2.28. The Bertz CT molecular complexity index is 582. The molecule has 0 spiro atoms. The summed E-state index contributed by atoms with van der Waals surface area (Å²) >= 11 is 0. The minimum atomic E-state index is -0.180. The van der Waals surface area contributed by atoms with Gasteiger partial charge in [-0.3, -0.25) is 14.2 Å². The molecule has 1 aromatic carbocycles. The lowest BCUT2D eigenvalue weighted by atomic mass is 10.1. The molecular formula is C14H13NO2. The second-order valence-corrected chi connectivity index (χ2v) is 4.03. The second kappa shape index (κ2) is 4.37. The summed E-state index contributed by atoms with van der Waals surface area (Å²) in [6.45, 7) is 3.96. The highest BCUT2D eigenvalue weighted by Gasteiger charge is 2.11. The van der Waals surface area contributed by atoms with Gasteiger partial charge in [-0.2, -0.15) is 0 Å². The molecule has 0 saturated heterocycles. The standard InChI is InChI=1S/C14H13NO2/c1-10-5-6-12(8-11(10)2)14(17)15-7-3-4-13(15)9-16/h3-9H,1-2H3. The molecular weight excluding hydrogens is 214 g/mol. The second-order valence-electron chi connectivity index (χ2n) is 4.03. The summed E-state index contributed by atoms with van der Waals surface area (Å²) in [5, 5.41) is 0. The molecule has 0 aliphatic carbocycles. The Balaban J connectivity index is 2.44. The van der Waals surface area contributed by atoms with Crippen molar-refractivity contribution in [3.05, 3.63) is 58.9 Å². The van der Waals surface area contributed by atoms with Crippen LogP contribution in [-0.2, 0) is 0 Å². The number of nitrogens with zero attached hydrogens (tertiary/aromatic N) is 1. The van der Waals surface area contributed by atoms with E-state index in [1.54, 1.807) is 24.4 Å². The molecule has 2 rings (SSSR count). The Kier molecular flexibility index (Phi) is 2.91. The number of hydrogen-bond donors (Lipinski definition) is 0. The van der Waals surface area contributed by atoms with Crippen molar-refractivity contribution in [2.45, 2.75) is 13.8 Å².